The smallest absolute Gasteiger partial charge is 0.253 e. The van der Waals surface area contributed by atoms with Gasteiger partial charge in [0.05, 0.1) is 18.2 Å². The van der Waals surface area contributed by atoms with E-state index in [0.29, 0.717) is 6.04 Å². The lowest BCUT2D eigenvalue weighted by molar-refractivity contribution is 0.0952. The van der Waals surface area contributed by atoms with Crippen LogP contribution in [0.25, 0.3) is 10.9 Å². The van der Waals surface area contributed by atoms with Gasteiger partial charge >= 0.3 is 0 Å². The molecule has 4 nitrogen and oxygen atoms in total. The number of ether oxygens (including phenoxy) is 1. The van der Waals surface area contributed by atoms with Gasteiger partial charge in [0.15, 0.2) is 0 Å². The number of nitrogens with one attached hydrogen (secondary N) is 2. The second-order valence-electron chi connectivity index (χ2n) is 4.76. The van der Waals surface area contributed by atoms with Gasteiger partial charge in [0.2, 0.25) is 0 Å². The molecule has 94 valence electrons. The van der Waals surface area contributed by atoms with E-state index in [1.54, 1.807) is 7.11 Å². The number of aromatic amines is 1. The van der Waals surface area contributed by atoms with Gasteiger partial charge in [-0.2, -0.15) is 0 Å². The summed E-state index contributed by atoms with van der Waals surface area (Å²) in [6.45, 7) is 1.92. The van der Waals surface area contributed by atoms with Crippen molar-refractivity contribution in [3.05, 3.63) is 29.5 Å². The Labute approximate surface area is 105 Å². The molecule has 0 spiro atoms. The van der Waals surface area contributed by atoms with Crippen LogP contribution in [0.15, 0.2) is 18.2 Å². The molecule has 3 rings (SSSR count). The molecule has 0 atom stereocenters. The van der Waals surface area contributed by atoms with Crippen molar-refractivity contribution in [1.82, 2.24) is 10.3 Å². The second kappa shape index (κ2) is 4.05. The molecular formula is C14H16N2O2. The molecule has 1 saturated carbocycles. The summed E-state index contributed by atoms with van der Waals surface area (Å²) in [7, 11) is 1.63. The Morgan fingerprint density at radius 2 is 2.22 bits per heavy atom. The van der Waals surface area contributed by atoms with Gasteiger partial charge in [-0.25, -0.2) is 0 Å². The van der Waals surface area contributed by atoms with E-state index in [-0.39, 0.29) is 5.91 Å². The van der Waals surface area contributed by atoms with Crippen LogP contribution in [0.4, 0.5) is 0 Å². The molecule has 18 heavy (non-hydrogen) atoms. The lowest BCUT2D eigenvalue weighted by atomic mass is 10.1. The average Bonchev–Trinajstić information content (AvgIpc) is 3.08. The van der Waals surface area contributed by atoms with E-state index in [2.05, 4.69) is 10.3 Å². The molecule has 2 N–H and O–H groups in total. The molecule has 0 saturated heterocycles. The van der Waals surface area contributed by atoms with Gasteiger partial charge in [-0.05, 0) is 25.8 Å². The fourth-order valence-electron chi connectivity index (χ4n) is 2.27. The monoisotopic (exact) mass is 244 g/mol. The highest BCUT2D eigenvalue weighted by atomic mass is 16.5. The van der Waals surface area contributed by atoms with Crippen molar-refractivity contribution in [1.29, 1.82) is 0 Å². The number of H-pyrrole nitrogens is 1. The average molecular weight is 244 g/mol. The molecule has 1 aliphatic rings. The normalized spacial score (nSPS) is 14.8. The van der Waals surface area contributed by atoms with Gasteiger partial charge < -0.3 is 15.0 Å². The fourth-order valence-corrected chi connectivity index (χ4v) is 2.27. The van der Waals surface area contributed by atoms with Crippen LogP contribution in [0.2, 0.25) is 0 Å². The Morgan fingerprint density at radius 1 is 1.44 bits per heavy atom. The second-order valence-corrected chi connectivity index (χ2v) is 4.76. The van der Waals surface area contributed by atoms with Gasteiger partial charge in [-0.15, -0.1) is 0 Å². The minimum absolute atomic E-state index is 0.00880. The van der Waals surface area contributed by atoms with Crippen LogP contribution in [0, 0.1) is 6.92 Å². The van der Waals surface area contributed by atoms with Crippen molar-refractivity contribution in [3.63, 3.8) is 0 Å². The number of rotatable bonds is 3. The fraction of sp³-hybridized carbons (Fsp3) is 0.357. The summed E-state index contributed by atoms with van der Waals surface area (Å²) in [5, 5.41) is 3.95. The SMILES string of the molecule is COc1cccc2c(C(=O)NC3CC3)c(C)[nH]c12. The highest BCUT2D eigenvalue weighted by molar-refractivity contribution is 6.09. The van der Waals surface area contributed by atoms with Crippen molar-refractivity contribution in [2.24, 2.45) is 0 Å². The first-order chi connectivity index (χ1) is 8.70. The zero-order valence-electron chi connectivity index (χ0n) is 10.5. The number of fused-ring (bicyclic) bond motifs is 1. The number of hydrogen-bond acceptors (Lipinski definition) is 2. The van der Waals surface area contributed by atoms with Crippen LogP contribution >= 0.6 is 0 Å². The van der Waals surface area contributed by atoms with Crippen LogP contribution in [0.5, 0.6) is 5.75 Å². The predicted molar refractivity (Wildman–Crippen MR) is 70.1 cm³/mol. The van der Waals surface area contributed by atoms with Crippen molar-refractivity contribution < 1.29 is 9.53 Å². The molecule has 4 heteroatoms. The molecule has 1 fully saturated rings. The lowest BCUT2D eigenvalue weighted by Gasteiger charge is -2.04. The third kappa shape index (κ3) is 1.74. The molecule has 1 amide bonds. The number of methoxy groups -OCH3 is 1. The van der Waals surface area contributed by atoms with E-state index in [1.807, 2.05) is 25.1 Å². The lowest BCUT2D eigenvalue weighted by Crippen LogP contribution is -2.25. The van der Waals surface area contributed by atoms with Crippen LogP contribution < -0.4 is 10.1 Å². The largest absolute Gasteiger partial charge is 0.495 e. The third-order valence-corrected chi connectivity index (χ3v) is 3.34. The molecule has 1 aliphatic carbocycles. The number of amides is 1. The molecule has 0 bridgehead atoms. The Bertz CT molecular complexity index is 612. The molecular weight excluding hydrogens is 228 g/mol. The molecule has 0 aliphatic heterocycles. The molecule has 0 radical (unpaired) electrons. The van der Waals surface area contributed by atoms with Crippen molar-refractivity contribution in [2.45, 2.75) is 25.8 Å². The van der Waals surface area contributed by atoms with Crippen LogP contribution in [0.3, 0.4) is 0 Å². The molecule has 1 heterocycles. The number of benzene rings is 1. The standard InChI is InChI=1S/C14H16N2O2/c1-8-12(14(17)16-9-6-7-9)10-4-3-5-11(18-2)13(10)15-8/h3-5,9,15H,6-7H2,1-2H3,(H,16,17). The number of carbonyl (C=O) groups excluding carboxylic acids is 1. The minimum atomic E-state index is 0.00880. The molecule has 2 aromatic rings. The highest BCUT2D eigenvalue weighted by Crippen LogP contribution is 2.30. The van der Waals surface area contributed by atoms with Crippen LogP contribution in [-0.2, 0) is 0 Å². The van der Waals surface area contributed by atoms with Crippen molar-refractivity contribution in [3.8, 4) is 5.75 Å². The number of para-hydroxylation sites is 1. The summed E-state index contributed by atoms with van der Waals surface area (Å²) in [5.41, 5.74) is 2.50. The van der Waals surface area contributed by atoms with Gasteiger partial charge in [-0.1, -0.05) is 12.1 Å². The van der Waals surface area contributed by atoms with Crippen molar-refractivity contribution >= 4 is 16.8 Å². The zero-order chi connectivity index (χ0) is 12.7. The topological polar surface area (TPSA) is 54.1 Å². The Hall–Kier alpha value is -1.97. The third-order valence-electron chi connectivity index (χ3n) is 3.34. The Balaban J connectivity index is 2.10. The van der Waals surface area contributed by atoms with E-state index >= 15 is 0 Å². The maximum Gasteiger partial charge on any atom is 0.253 e. The predicted octanol–water partition coefficient (Wildman–Crippen LogP) is 2.38. The summed E-state index contributed by atoms with van der Waals surface area (Å²) >= 11 is 0. The maximum atomic E-state index is 12.2. The molecule has 0 unspecified atom stereocenters. The van der Waals surface area contributed by atoms with E-state index in [4.69, 9.17) is 4.74 Å². The highest BCUT2D eigenvalue weighted by Gasteiger charge is 2.26. The number of aryl methyl sites for hydroxylation is 1. The zero-order valence-corrected chi connectivity index (χ0v) is 10.5. The maximum absolute atomic E-state index is 12.2. The Morgan fingerprint density at radius 3 is 2.89 bits per heavy atom. The first kappa shape index (κ1) is 11.1. The minimum Gasteiger partial charge on any atom is -0.495 e. The van der Waals surface area contributed by atoms with Gasteiger partial charge in [0.25, 0.3) is 5.91 Å². The summed E-state index contributed by atoms with van der Waals surface area (Å²) in [6.07, 6.45) is 2.19. The number of carbonyl (C=O) groups is 1. The van der Waals surface area contributed by atoms with E-state index < -0.39 is 0 Å². The summed E-state index contributed by atoms with van der Waals surface area (Å²) in [4.78, 5) is 15.5. The van der Waals surface area contributed by atoms with Crippen molar-refractivity contribution in [2.75, 3.05) is 7.11 Å². The summed E-state index contributed by atoms with van der Waals surface area (Å²) < 4.78 is 5.31. The molecule has 1 aromatic heterocycles. The van der Waals surface area contributed by atoms with Gasteiger partial charge in [-0.3, -0.25) is 4.79 Å². The number of aromatic nitrogens is 1. The summed E-state index contributed by atoms with van der Waals surface area (Å²) in [5.74, 6) is 0.774. The first-order valence-electron chi connectivity index (χ1n) is 6.17. The summed E-state index contributed by atoms with van der Waals surface area (Å²) in [6, 6.07) is 6.11. The quantitative estimate of drug-likeness (QED) is 0.871. The van der Waals surface area contributed by atoms with E-state index in [1.165, 1.54) is 0 Å². The molecule has 1 aromatic carbocycles. The van der Waals surface area contributed by atoms with E-state index in [0.717, 1.165) is 40.8 Å². The van der Waals surface area contributed by atoms with E-state index in [9.17, 15) is 4.79 Å². The van der Waals surface area contributed by atoms with Crippen LogP contribution in [-0.4, -0.2) is 24.0 Å². The first-order valence-corrected chi connectivity index (χ1v) is 6.17. The van der Waals surface area contributed by atoms with Crippen LogP contribution in [0.1, 0.15) is 28.9 Å². The Kier molecular flexibility index (Phi) is 2.51. The number of hydrogen-bond donors (Lipinski definition) is 2. The van der Waals surface area contributed by atoms with Gasteiger partial charge in [0.1, 0.15) is 5.75 Å². The van der Waals surface area contributed by atoms with Gasteiger partial charge in [0, 0.05) is 17.1 Å².